The minimum Gasteiger partial charge on any atom is -0.386 e. The van der Waals surface area contributed by atoms with Gasteiger partial charge < -0.3 is 15.7 Å². The molecule has 104 valence electrons. The smallest absolute Gasteiger partial charge is 0.313 e. The van der Waals surface area contributed by atoms with Crippen LogP contribution in [0.4, 0.5) is 5.69 Å². The summed E-state index contributed by atoms with van der Waals surface area (Å²) in [6.45, 7) is -0.0141. The number of pyridine rings is 1. The quantitative estimate of drug-likeness (QED) is 0.731. The lowest BCUT2D eigenvalue weighted by molar-refractivity contribution is -0.136. The summed E-state index contributed by atoms with van der Waals surface area (Å²) in [5.74, 6) is -1.60. The number of aromatic nitrogens is 1. The van der Waals surface area contributed by atoms with Crippen LogP contribution in [0.15, 0.2) is 42.0 Å². The molecule has 2 heterocycles. The lowest BCUT2D eigenvalue weighted by Crippen LogP contribution is -2.37. The largest absolute Gasteiger partial charge is 0.386 e. The average molecular weight is 291 g/mol. The second-order valence-corrected chi connectivity index (χ2v) is 4.92. The normalized spacial score (nSPS) is 11.7. The predicted molar refractivity (Wildman–Crippen MR) is 75.2 cm³/mol. The van der Waals surface area contributed by atoms with E-state index in [9.17, 15) is 14.7 Å². The molecule has 0 bridgehead atoms. The van der Waals surface area contributed by atoms with E-state index >= 15 is 0 Å². The van der Waals surface area contributed by atoms with Gasteiger partial charge in [0, 0.05) is 17.6 Å². The first-order chi connectivity index (χ1) is 9.66. The lowest BCUT2D eigenvalue weighted by atomic mass is 10.3. The van der Waals surface area contributed by atoms with Crippen molar-refractivity contribution in [3.05, 3.63) is 46.9 Å². The van der Waals surface area contributed by atoms with Crippen molar-refractivity contribution in [1.29, 1.82) is 0 Å². The minimum atomic E-state index is -0.815. The van der Waals surface area contributed by atoms with Crippen LogP contribution in [-0.4, -0.2) is 28.4 Å². The Hall–Kier alpha value is -2.25. The zero-order valence-electron chi connectivity index (χ0n) is 10.4. The van der Waals surface area contributed by atoms with Crippen molar-refractivity contribution in [2.45, 2.75) is 6.10 Å². The van der Waals surface area contributed by atoms with E-state index in [1.165, 1.54) is 17.5 Å². The Morgan fingerprint density at radius 2 is 2.15 bits per heavy atom. The standard InChI is InChI=1S/C13H13N3O3S/c17-10(11-4-2-6-20-11)8-15-12(18)13(19)16-9-3-1-5-14-7-9/h1-7,10,17H,8H2,(H,15,18)(H,16,19). The Morgan fingerprint density at radius 3 is 2.80 bits per heavy atom. The van der Waals surface area contributed by atoms with Gasteiger partial charge in [-0.25, -0.2) is 0 Å². The number of anilines is 1. The Balaban J connectivity index is 1.81. The van der Waals surface area contributed by atoms with Gasteiger partial charge in [-0.3, -0.25) is 14.6 Å². The van der Waals surface area contributed by atoms with Crippen LogP contribution in [-0.2, 0) is 9.59 Å². The molecule has 6 nitrogen and oxygen atoms in total. The van der Waals surface area contributed by atoms with Crippen molar-refractivity contribution in [2.75, 3.05) is 11.9 Å². The van der Waals surface area contributed by atoms with Gasteiger partial charge in [-0.05, 0) is 23.6 Å². The molecule has 2 aromatic rings. The van der Waals surface area contributed by atoms with Gasteiger partial charge in [-0.15, -0.1) is 11.3 Å². The highest BCUT2D eigenvalue weighted by Gasteiger charge is 2.16. The molecule has 0 radical (unpaired) electrons. The zero-order valence-corrected chi connectivity index (χ0v) is 11.3. The van der Waals surface area contributed by atoms with Gasteiger partial charge in [0.25, 0.3) is 0 Å². The summed E-state index contributed by atoms with van der Waals surface area (Å²) in [4.78, 5) is 27.7. The molecule has 2 amide bonds. The number of nitrogens with one attached hydrogen (secondary N) is 2. The molecule has 2 rings (SSSR count). The Kier molecular flexibility index (Phi) is 4.80. The van der Waals surface area contributed by atoms with E-state index in [2.05, 4.69) is 15.6 Å². The van der Waals surface area contributed by atoms with Gasteiger partial charge in [-0.2, -0.15) is 0 Å². The van der Waals surface area contributed by atoms with Gasteiger partial charge in [0.2, 0.25) is 0 Å². The Labute approximate surface area is 119 Å². The molecule has 20 heavy (non-hydrogen) atoms. The van der Waals surface area contributed by atoms with Crippen LogP contribution in [0.1, 0.15) is 11.0 Å². The molecule has 0 aromatic carbocycles. The zero-order chi connectivity index (χ0) is 14.4. The molecule has 0 fully saturated rings. The van der Waals surface area contributed by atoms with Crippen molar-refractivity contribution in [3.63, 3.8) is 0 Å². The molecule has 0 spiro atoms. The van der Waals surface area contributed by atoms with E-state index in [1.807, 2.05) is 5.38 Å². The lowest BCUT2D eigenvalue weighted by Gasteiger charge is -2.10. The molecule has 3 N–H and O–H groups in total. The highest BCUT2D eigenvalue weighted by molar-refractivity contribution is 7.10. The molecule has 0 aliphatic carbocycles. The summed E-state index contributed by atoms with van der Waals surface area (Å²) < 4.78 is 0. The number of carbonyl (C=O) groups excluding carboxylic acids is 2. The second-order valence-electron chi connectivity index (χ2n) is 3.94. The van der Waals surface area contributed by atoms with E-state index in [0.29, 0.717) is 5.69 Å². The van der Waals surface area contributed by atoms with E-state index in [4.69, 9.17) is 0 Å². The highest BCUT2D eigenvalue weighted by atomic mass is 32.1. The number of carbonyl (C=O) groups is 2. The molecule has 2 aromatic heterocycles. The predicted octanol–water partition coefficient (Wildman–Crippen LogP) is 0.931. The topological polar surface area (TPSA) is 91.3 Å². The molecule has 0 aliphatic heterocycles. The van der Waals surface area contributed by atoms with Crippen molar-refractivity contribution in [1.82, 2.24) is 10.3 Å². The summed E-state index contributed by atoms with van der Waals surface area (Å²) in [6, 6.07) is 6.84. The Bertz CT molecular complexity index is 572. The van der Waals surface area contributed by atoms with Crippen LogP contribution in [0.25, 0.3) is 0 Å². The van der Waals surface area contributed by atoms with E-state index in [0.717, 1.165) is 4.88 Å². The van der Waals surface area contributed by atoms with Crippen LogP contribution in [0.2, 0.25) is 0 Å². The molecule has 0 saturated heterocycles. The molecular weight excluding hydrogens is 278 g/mol. The number of amides is 2. The number of aliphatic hydroxyl groups excluding tert-OH is 1. The SMILES string of the molecule is O=C(NCC(O)c1cccs1)C(=O)Nc1cccnc1. The fourth-order valence-electron chi connectivity index (χ4n) is 1.48. The van der Waals surface area contributed by atoms with E-state index < -0.39 is 17.9 Å². The summed E-state index contributed by atoms with van der Waals surface area (Å²) in [6.07, 6.45) is 2.18. The summed E-state index contributed by atoms with van der Waals surface area (Å²) >= 11 is 1.38. The van der Waals surface area contributed by atoms with Crippen LogP contribution in [0.5, 0.6) is 0 Å². The number of hydrogen-bond donors (Lipinski definition) is 3. The third-order valence-corrected chi connectivity index (χ3v) is 3.43. The summed E-state index contributed by atoms with van der Waals surface area (Å²) in [5.41, 5.74) is 0.437. The third kappa shape index (κ3) is 3.87. The maximum absolute atomic E-state index is 11.6. The maximum atomic E-state index is 11.6. The number of thiophene rings is 1. The number of hydrogen-bond acceptors (Lipinski definition) is 5. The monoisotopic (exact) mass is 291 g/mol. The number of nitrogens with zero attached hydrogens (tertiary/aromatic N) is 1. The molecular formula is C13H13N3O3S. The fraction of sp³-hybridized carbons (Fsp3) is 0.154. The highest BCUT2D eigenvalue weighted by Crippen LogP contribution is 2.17. The molecule has 1 unspecified atom stereocenters. The fourth-order valence-corrected chi connectivity index (χ4v) is 2.19. The van der Waals surface area contributed by atoms with Gasteiger partial charge >= 0.3 is 11.8 Å². The molecule has 0 aliphatic rings. The van der Waals surface area contributed by atoms with Crippen molar-refractivity contribution < 1.29 is 14.7 Å². The van der Waals surface area contributed by atoms with Gasteiger partial charge in [-0.1, -0.05) is 6.07 Å². The second kappa shape index (κ2) is 6.78. The summed E-state index contributed by atoms with van der Waals surface area (Å²) in [5, 5.41) is 16.4. The van der Waals surface area contributed by atoms with Crippen LogP contribution in [0.3, 0.4) is 0 Å². The third-order valence-electron chi connectivity index (χ3n) is 2.45. The molecule has 7 heteroatoms. The van der Waals surface area contributed by atoms with E-state index in [1.54, 1.807) is 30.5 Å². The first-order valence-corrected chi connectivity index (χ1v) is 6.75. The van der Waals surface area contributed by atoms with Gasteiger partial charge in [0.1, 0.15) is 6.10 Å². The van der Waals surface area contributed by atoms with Crippen molar-refractivity contribution in [2.24, 2.45) is 0 Å². The number of rotatable bonds is 4. The first-order valence-electron chi connectivity index (χ1n) is 5.87. The summed E-state index contributed by atoms with van der Waals surface area (Å²) in [7, 11) is 0. The first kappa shape index (κ1) is 14.2. The molecule has 1 atom stereocenters. The van der Waals surface area contributed by atoms with Crippen LogP contribution >= 0.6 is 11.3 Å². The van der Waals surface area contributed by atoms with Crippen molar-refractivity contribution in [3.8, 4) is 0 Å². The number of aliphatic hydroxyl groups is 1. The van der Waals surface area contributed by atoms with E-state index in [-0.39, 0.29) is 6.54 Å². The van der Waals surface area contributed by atoms with Crippen LogP contribution < -0.4 is 10.6 Å². The van der Waals surface area contributed by atoms with Crippen LogP contribution in [0, 0.1) is 0 Å². The van der Waals surface area contributed by atoms with Gasteiger partial charge in [0.15, 0.2) is 0 Å². The Morgan fingerprint density at radius 1 is 1.30 bits per heavy atom. The van der Waals surface area contributed by atoms with Gasteiger partial charge in [0.05, 0.1) is 11.9 Å². The molecule has 0 saturated carbocycles. The maximum Gasteiger partial charge on any atom is 0.313 e. The van der Waals surface area contributed by atoms with Crippen molar-refractivity contribution >= 4 is 28.8 Å². The minimum absolute atomic E-state index is 0.0141. The average Bonchev–Trinajstić information content (AvgIpc) is 2.99.